The molecule has 0 saturated carbocycles. The van der Waals surface area contributed by atoms with Crippen LogP contribution in [0.4, 0.5) is 0 Å². The molecule has 3 amide bonds. The number of aliphatic hydroxyl groups is 1. The zero-order chi connectivity index (χ0) is 22.1. The quantitative estimate of drug-likeness (QED) is 0.274. The molecule has 5 atom stereocenters. The molecule has 10 nitrogen and oxygen atoms in total. The average molecular weight is 408 g/mol. The predicted molar refractivity (Wildman–Crippen MR) is 105 cm³/mol. The summed E-state index contributed by atoms with van der Waals surface area (Å²) < 4.78 is 0. The second kappa shape index (κ2) is 11.1. The van der Waals surface area contributed by atoms with Crippen molar-refractivity contribution in [1.82, 2.24) is 16.0 Å². The monoisotopic (exact) mass is 408 g/mol. The Hall–Kier alpha value is -2.98. The third-order valence-corrected chi connectivity index (χ3v) is 4.13. The van der Waals surface area contributed by atoms with Crippen molar-refractivity contribution in [3.05, 3.63) is 35.9 Å². The number of carbonyl (C=O) groups excluding carboxylic acids is 3. The maximum Gasteiger partial charge on any atom is 0.328 e. The molecule has 0 saturated heterocycles. The number of rotatable bonds is 10. The number of carboxylic acid groups (broad SMARTS) is 1. The van der Waals surface area contributed by atoms with Gasteiger partial charge in [-0.05, 0) is 26.3 Å². The zero-order valence-electron chi connectivity index (χ0n) is 16.6. The molecular weight excluding hydrogens is 380 g/mol. The van der Waals surface area contributed by atoms with Crippen molar-refractivity contribution >= 4 is 23.7 Å². The molecule has 1 rings (SSSR count). The SMILES string of the molecule is CC(N)C(=O)NC(C)C(=O)NC(Cc1ccccc1)C(=O)NC(C(=O)O)C(C)O. The van der Waals surface area contributed by atoms with Gasteiger partial charge in [-0.3, -0.25) is 14.4 Å². The minimum absolute atomic E-state index is 0.0819. The van der Waals surface area contributed by atoms with Gasteiger partial charge in [0.05, 0.1) is 12.1 Å². The van der Waals surface area contributed by atoms with Crippen molar-refractivity contribution < 1.29 is 29.4 Å². The summed E-state index contributed by atoms with van der Waals surface area (Å²) in [5, 5.41) is 25.9. The van der Waals surface area contributed by atoms with Crippen LogP contribution in [-0.4, -0.2) is 64.2 Å². The summed E-state index contributed by atoms with van der Waals surface area (Å²) in [4.78, 5) is 48.0. The molecule has 0 aliphatic heterocycles. The lowest BCUT2D eigenvalue weighted by Gasteiger charge is -2.24. The predicted octanol–water partition coefficient (Wildman–Crippen LogP) is -1.48. The Kier molecular flexibility index (Phi) is 9.23. The molecule has 1 aromatic carbocycles. The van der Waals surface area contributed by atoms with Crippen molar-refractivity contribution in [2.75, 3.05) is 0 Å². The van der Waals surface area contributed by atoms with Gasteiger partial charge in [0, 0.05) is 6.42 Å². The second-order valence-corrected chi connectivity index (χ2v) is 6.83. The van der Waals surface area contributed by atoms with E-state index in [2.05, 4.69) is 16.0 Å². The minimum atomic E-state index is -1.53. The summed E-state index contributed by atoms with van der Waals surface area (Å²) in [5.74, 6) is -3.35. The van der Waals surface area contributed by atoms with Gasteiger partial charge >= 0.3 is 5.97 Å². The summed E-state index contributed by atoms with van der Waals surface area (Å²) >= 11 is 0. The number of carboxylic acids is 1. The molecule has 1 aromatic rings. The van der Waals surface area contributed by atoms with Crippen molar-refractivity contribution in [2.45, 2.75) is 57.5 Å². The van der Waals surface area contributed by atoms with Crippen LogP contribution in [-0.2, 0) is 25.6 Å². The van der Waals surface area contributed by atoms with Gasteiger partial charge in [-0.1, -0.05) is 30.3 Å². The number of nitrogens with two attached hydrogens (primary N) is 1. The zero-order valence-corrected chi connectivity index (χ0v) is 16.6. The molecule has 0 bridgehead atoms. The van der Waals surface area contributed by atoms with E-state index in [-0.39, 0.29) is 6.42 Å². The molecule has 0 aliphatic carbocycles. The lowest BCUT2D eigenvalue weighted by Crippen LogP contribution is -2.58. The highest BCUT2D eigenvalue weighted by Crippen LogP contribution is 2.05. The van der Waals surface area contributed by atoms with Gasteiger partial charge in [0.1, 0.15) is 12.1 Å². The van der Waals surface area contributed by atoms with Crippen LogP contribution >= 0.6 is 0 Å². The van der Waals surface area contributed by atoms with E-state index in [9.17, 15) is 24.3 Å². The van der Waals surface area contributed by atoms with Gasteiger partial charge in [-0.25, -0.2) is 4.79 Å². The van der Waals surface area contributed by atoms with E-state index >= 15 is 0 Å². The minimum Gasteiger partial charge on any atom is -0.480 e. The molecule has 0 aliphatic rings. The summed E-state index contributed by atoms with van der Waals surface area (Å²) in [6.45, 7) is 4.13. The molecule has 5 unspecified atom stereocenters. The standard InChI is InChI=1S/C19H28N4O6/c1-10(20)16(25)21-11(2)17(26)22-14(9-13-7-5-4-6-8-13)18(27)23-15(12(3)24)19(28)29/h4-8,10-12,14-15,24H,9,20H2,1-3H3,(H,21,25)(H,22,26)(H,23,27)(H,28,29). The first-order valence-corrected chi connectivity index (χ1v) is 9.14. The fourth-order valence-corrected chi connectivity index (χ4v) is 2.41. The van der Waals surface area contributed by atoms with Crippen molar-refractivity contribution in [3.63, 3.8) is 0 Å². The molecule has 0 fully saturated rings. The molecule has 160 valence electrons. The Morgan fingerprint density at radius 2 is 1.52 bits per heavy atom. The average Bonchev–Trinajstić information content (AvgIpc) is 2.65. The van der Waals surface area contributed by atoms with Crippen LogP contribution in [0.3, 0.4) is 0 Å². The first kappa shape index (κ1) is 24.1. The van der Waals surface area contributed by atoms with Gasteiger partial charge in [-0.15, -0.1) is 0 Å². The van der Waals surface area contributed by atoms with Gasteiger partial charge in [0.25, 0.3) is 0 Å². The van der Waals surface area contributed by atoms with E-state index in [1.165, 1.54) is 20.8 Å². The Balaban J connectivity index is 2.95. The fraction of sp³-hybridized carbons (Fsp3) is 0.474. The lowest BCUT2D eigenvalue weighted by atomic mass is 10.0. The number of benzene rings is 1. The van der Waals surface area contributed by atoms with Gasteiger partial charge in [0.15, 0.2) is 6.04 Å². The van der Waals surface area contributed by atoms with E-state index in [0.29, 0.717) is 0 Å². The molecule has 0 spiro atoms. The smallest absolute Gasteiger partial charge is 0.328 e. The first-order valence-electron chi connectivity index (χ1n) is 9.14. The summed E-state index contributed by atoms with van der Waals surface area (Å²) in [6.07, 6.45) is -1.26. The molecule has 29 heavy (non-hydrogen) atoms. The van der Waals surface area contributed by atoms with Gasteiger partial charge in [0.2, 0.25) is 17.7 Å². The Bertz CT molecular complexity index is 723. The van der Waals surface area contributed by atoms with E-state index < -0.39 is 54.0 Å². The van der Waals surface area contributed by atoms with Gasteiger partial charge < -0.3 is 31.9 Å². The Morgan fingerprint density at radius 1 is 0.931 bits per heavy atom. The van der Waals surface area contributed by atoms with Crippen LogP contribution in [0.1, 0.15) is 26.3 Å². The number of hydrogen-bond donors (Lipinski definition) is 6. The third kappa shape index (κ3) is 7.88. The van der Waals surface area contributed by atoms with Crippen molar-refractivity contribution in [3.8, 4) is 0 Å². The number of amides is 3. The van der Waals surface area contributed by atoms with E-state index in [4.69, 9.17) is 10.8 Å². The summed E-state index contributed by atoms with van der Waals surface area (Å²) in [7, 11) is 0. The highest BCUT2D eigenvalue weighted by molar-refractivity contribution is 5.94. The number of aliphatic hydroxyl groups excluding tert-OH is 1. The number of hydrogen-bond acceptors (Lipinski definition) is 6. The van der Waals surface area contributed by atoms with Crippen LogP contribution in [0.15, 0.2) is 30.3 Å². The first-order chi connectivity index (χ1) is 13.5. The molecule has 7 N–H and O–H groups in total. The summed E-state index contributed by atoms with van der Waals surface area (Å²) in [6, 6.07) is 4.36. The van der Waals surface area contributed by atoms with Gasteiger partial charge in [-0.2, -0.15) is 0 Å². The highest BCUT2D eigenvalue weighted by atomic mass is 16.4. The van der Waals surface area contributed by atoms with Crippen LogP contribution in [0.5, 0.6) is 0 Å². The van der Waals surface area contributed by atoms with Crippen LogP contribution < -0.4 is 21.7 Å². The highest BCUT2D eigenvalue weighted by Gasteiger charge is 2.30. The maximum atomic E-state index is 12.6. The fourth-order valence-electron chi connectivity index (χ4n) is 2.41. The Labute approximate surface area is 168 Å². The lowest BCUT2D eigenvalue weighted by molar-refractivity contribution is -0.145. The van der Waals surface area contributed by atoms with E-state index in [1.54, 1.807) is 30.3 Å². The van der Waals surface area contributed by atoms with E-state index in [0.717, 1.165) is 5.56 Å². The number of aliphatic carboxylic acids is 1. The largest absolute Gasteiger partial charge is 0.480 e. The topological polar surface area (TPSA) is 171 Å². The molecule has 0 aromatic heterocycles. The molecule has 0 radical (unpaired) electrons. The van der Waals surface area contributed by atoms with E-state index in [1.807, 2.05) is 0 Å². The van der Waals surface area contributed by atoms with Crippen molar-refractivity contribution in [1.29, 1.82) is 0 Å². The Morgan fingerprint density at radius 3 is 2.00 bits per heavy atom. The van der Waals surface area contributed by atoms with Crippen LogP contribution in [0, 0.1) is 0 Å². The van der Waals surface area contributed by atoms with Crippen LogP contribution in [0.2, 0.25) is 0 Å². The molecule has 0 heterocycles. The molecular formula is C19H28N4O6. The number of nitrogens with one attached hydrogen (secondary N) is 3. The molecule has 10 heteroatoms. The normalized spacial score (nSPS) is 15.9. The third-order valence-electron chi connectivity index (χ3n) is 4.13. The second-order valence-electron chi connectivity index (χ2n) is 6.83. The number of carbonyl (C=O) groups is 4. The van der Waals surface area contributed by atoms with Crippen molar-refractivity contribution in [2.24, 2.45) is 5.73 Å². The maximum absolute atomic E-state index is 12.6. The van der Waals surface area contributed by atoms with Crippen LogP contribution in [0.25, 0.3) is 0 Å². The summed E-state index contributed by atoms with van der Waals surface area (Å²) in [5.41, 5.74) is 6.19.